The molecule has 3 atom stereocenters. The predicted molar refractivity (Wildman–Crippen MR) is 64.7 cm³/mol. The molecular formula is C13H27NO. The molecule has 2 N–H and O–H groups in total. The first-order valence-corrected chi connectivity index (χ1v) is 6.46. The summed E-state index contributed by atoms with van der Waals surface area (Å²) in [6.07, 6.45) is 3.98. The van der Waals surface area contributed by atoms with Gasteiger partial charge < -0.3 is 10.5 Å². The Labute approximate surface area is 94.6 Å². The molecule has 2 heteroatoms. The van der Waals surface area contributed by atoms with Gasteiger partial charge in [0.2, 0.25) is 0 Å². The van der Waals surface area contributed by atoms with E-state index in [2.05, 4.69) is 20.8 Å². The summed E-state index contributed by atoms with van der Waals surface area (Å²) in [4.78, 5) is 0. The Balaban J connectivity index is 2.45. The molecule has 0 aromatic heterocycles. The van der Waals surface area contributed by atoms with E-state index < -0.39 is 0 Å². The average molecular weight is 213 g/mol. The number of hydrogen-bond acceptors (Lipinski definition) is 2. The third-order valence-electron chi connectivity index (χ3n) is 3.96. The van der Waals surface area contributed by atoms with Crippen LogP contribution in [-0.2, 0) is 4.74 Å². The van der Waals surface area contributed by atoms with Gasteiger partial charge in [-0.2, -0.15) is 0 Å². The third kappa shape index (κ3) is 3.76. The van der Waals surface area contributed by atoms with Crippen LogP contribution in [0.5, 0.6) is 0 Å². The standard InChI is InChI=1S/C13H27NO/c1-4-15-9-13-7-11(10(2)3)5-6-12(13)8-14/h10-13H,4-9,14H2,1-3H3. The van der Waals surface area contributed by atoms with E-state index in [4.69, 9.17) is 10.5 Å². The molecule has 0 radical (unpaired) electrons. The molecule has 1 aliphatic carbocycles. The molecule has 3 unspecified atom stereocenters. The zero-order chi connectivity index (χ0) is 11.3. The van der Waals surface area contributed by atoms with Crippen molar-refractivity contribution in [1.29, 1.82) is 0 Å². The number of rotatable bonds is 5. The maximum atomic E-state index is 5.83. The Morgan fingerprint density at radius 1 is 1.27 bits per heavy atom. The van der Waals surface area contributed by atoms with Crippen LogP contribution in [0.3, 0.4) is 0 Å². The summed E-state index contributed by atoms with van der Waals surface area (Å²) in [5, 5.41) is 0. The minimum atomic E-state index is 0.701. The predicted octanol–water partition coefficient (Wildman–Crippen LogP) is 2.67. The van der Waals surface area contributed by atoms with Crippen LogP contribution in [0, 0.1) is 23.7 Å². The Hall–Kier alpha value is -0.0800. The summed E-state index contributed by atoms with van der Waals surface area (Å²) < 4.78 is 5.58. The van der Waals surface area contributed by atoms with Crippen molar-refractivity contribution in [3.8, 4) is 0 Å². The molecule has 0 aliphatic heterocycles. The molecule has 0 aromatic carbocycles. The van der Waals surface area contributed by atoms with Crippen molar-refractivity contribution in [3.63, 3.8) is 0 Å². The van der Waals surface area contributed by atoms with Crippen LogP contribution >= 0.6 is 0 Å². The highest BCUT2D eigenvalue weighted by atomic mass is 16.5. The van der Waals surface area contributed by atoms with E-state index in [-0.39, 0.29) is 0 Å². The van der Waals surface area contributed by atoms with Crippen molar-refractivity contribution in [2.75, 3.05) is 19.8 Å². The molecule has 0 amide bonds. The highest BCUT2D eigenvalue weighted by Crippen LogP contribution is 2.37. The van der Waals surface area contributed by atoms with Gasteiger partial charge in [-0.3, -0.25) is 0 Å². The smallest absolute Gasteiger partial charge is 0.0497 e. The first kappa shape index (κ1) is 13.0. The monoisotopic (exact) mass is 213 g/mol. The van der Waals surface area contributed by atoms with Gasteiger partial charge >= 0.3 is 0 Å². The van der Waals surface area contributed by atoms with E-state index in [1.165, 1.54) is 19.3 Å². The molecule has 2 nitrogen and oxygen atoms in total. The minimum absolute atomic E-state index is 0.701. The molecule has 1 fully saturated rings. The zero-order valence-electron chi connectivity index (χ0n) is 10.5. The normalized spacial score (nSPS) is 32.2. The average Bonchev–Trinajstić information content (AvgIpc) is 2.25. The largest absolute Gasteiger partial charge is 0.381 e. The van der Waals surface area contributed by atoms with Gasteiger partial charge in [-0.25, -0.2) is 0 Å². The Bertz CT molecular complexity index is 170. The molecule has 15 heavy (non-hydrogen) atoms. The van der Waals surface area contributed by atoms with Crippen molar-refractivity contribution in [2.45, 2.75) is 40.0 Å². The highest BCUT2D eigenvalue weighted by Gasteiger charge is 2.30. The first-order valence-electron chi connectivity index (χ1n) is 6.46. The van der Waals surface area contributed by atoms with Crippen LogP contribution < -0.4 is 5.73 Å². The van der Waals surface area contributed by atoms with Crippen molar-refractivity contribution in [3.05, 3.63) is 0 Å². The van der Waals surface area contributed by atoms with Crippen LogP contribution in [-0.4, -0.2) is 19.8 Å². The summed E-state index contributed by atoms with van der Waals surface area (Å²) in [7, 11) is 0. The fraction of sp³-hybridized carbons (Fsp3) is 1.00. The summed E-state index contributed by atoms with van der Waals surface area (Å²) in [5.74, 6) is 3.11. The molecule has 0 saturated heterocycles. The first-order chi connectivity index (χ1) is 7.19. The maximum absolute atomic E-state index is 5.83. The Kier molecular flexibility index (Phi) is 5.62. The zero-order valence-corrected chi connectivity index (χ0v) is 10.5. The summed E-state index contributed by atoms with van der Waals surface area (Å²) >= 11 is 0. The van der Waals surface area contributed by atoms with Crippen molar-refractivity contribution < 1.29 is 4.74 Å². The molecular weight excluding hydrogens is 186 g/mol. The molecule has 1 saturated carbocycles. The van der Waals surface area contributed by atoms with E-state index in [1.807, 2.05) is 0 Å². The van der Waals surface area contributed by atoms with E-state index in [0.717, 1.165) is 31.6 Å². The molecule has 0 bridgehead atoms. The van der Waals surface area contributed by atoms with Crippen molar-refractivity contribution >= 4 is 0 Å². The molecule has 0 heterocycles. The number of hydrogen-bond donors (Lipinski definition) is 1. The Morgan fingerprint density at radius 3 is 2.53 bits per heavy atom. The topological polar surface area (TPSA) is 35.2 Å². The van der Waals surface area contributed by atoms with Crippen LogP contribution in [0.4, 0.5) is 0 Å². The summed E-state index contributed by atoms with van der Waals surface area (Å²) in [5.41, 5.74) is 5.83. The van der Waals surface area contributed by atoms with Crippen LogP contribution in [0.25, 0.3) is 0 Å². The maximum Gasteiger partial charge on any atom is 0.0497 e. The summed E-state index contributed by atoms with van der Waals surface area (Å²) in [6.45, 7) is 9.33. The fourth-order valence-corrected chi connectivity index (χ4v) is 2.75. The van der Waals surface area contributed by atoms with E-state index in [0.29, 0.717) is 11.8 Å². The van der Waals surface area contributed by atoms with Gasteiger partial charge in [0, 0.05) is 13.2 Å². The lowest BCUT2D eigenvalue weighted by Crippen LogP contribution is -2.34. The minimum Gasteiger partial charge on any atom is -0.381 e. The highest BCUT2D eigenvalue weighted by molar-refractivity contribution is 4.81. The fourth-order valence-electron chi connectivity index (χ4n) is 2.75. The lowest BCUT2D eigenvalue weighted by Gasteiger charge is -2.37. The van der Waals surface area contributed by atoms with Crippen LogP contribution in [0.15, 0.2) is 0 Å². The van der Waals surface area contributed by atoms with Crippen molar-refractivity contribution in [2.24, 2.45) is 29.4 Å². The van der Waals surface area contributed by atoms with Gasteiger partial charge in [0.15, 0.2) is 0 Å². The number of ether oxygens (including phenoxy) is 1. The van der Waals surface area contributed by atoms with Gasteiger partial charge in [-0.15, -0.1) is 0 Å². The summed E-state index contributed by atoms with van der Waals surface area (Å²) in [6, 6.07) is 0. The number of nitrogens with two attached hydrogens (primary N) is 1. The van der Waals surface area contributed by atoms with Gasteiger partial charge in [-0.05, 0) is 56.4 Å². The Morgan fingerprint density at radius 2 is 2.00 bits per heavy atom. The van der Waals surface area contributed by atoms with Gasteiger partial charge in [0.05, 0.1) is 0 Å². The van der Waals surface area contributed by atoms with Crippen LogP contribution in [0.1, 0.15) is 40.0 Å². The van der Waals surface area contributed by atoms with E-state index >= 15 is 0 Å². The second-order valence-electron chi connectivity index (χ2n) is 5.23. The lowest BCUT2D eigenvalue weighted by molar-refractivity contribution is 0.0452. The SMILES string of the molecule is CCOCC1CC(C(C)C)CCC1CN. The molecule has 0 spiro atoms. The van der Waals surface area contributed by atoms with Gasteiger partial charge in [0.25, 0.3) is 0 Å². The molecule has 1 aliphatic rings. The second-order valence-corrected chi connectivity index (χ2v) is 5.23. The molecule has 90 valence electrons. The lowest BCUT2D eigenvalue weighted by atomic mass is 9.71. The van der Waals surface area contributed by atoms with Gasteiger partial charge in [-0.1, -0.05) is 13.8 Å². The second kappa shape index (κ2) is 6.49. The quantitative estimate of drug-likeness (QED) is 0.762. The van der Waals surface area contributed by atoms with Crippen molar-refractivity contribution in [1.82, 2.24) is 0 Å². The molecule has 1 rings (SSSR count). The van der Waals surface area contributed by atoms with E-state index in [1.54, 1.807) is 0 Å². The molecule has 0 aromatic rings. The van der Waals surface area contributed by atoms with Crippen LogP contribution in [0.2, 0.25) is 0 Å². The van der Waals surface area contributed by atoms with Gasteiger partial charge in [0.1, 0.15) is 0 Å². The third-order valence-corrected chi connectivity index (χ3v) is 3.96. The van der Waals surface area contributed by atoms with E-state index in [9.17, 15) is 0 Å².